The highest BCUT2D eigenvalue weighted by Crippen LogP contribution is 2.27. The number of halogens is 2. The van der Waals surface area contributed by atoms with Crippen LogP contribution >= 0.6 is 31.9 Å². The third-order valence-electron chi connectivity index (χ3n) is 2.10. The van der Waals surface area contributed by atoms with Gasteiger partial charge in [-0.1, -0.05) is 44.0 Å². The zero-order chi connectivity index (χ0) is 11.5. The fourth-order valence-corrected chi connectivity index (χ4v) is 2.69. The molecule has 0 radical (unpaired) electrons. The van der Waals surface area contributed by atoms with Gasteiger partial charge < -0.3 is 11.1 Å². The van der Waals surface area contributed by atoms with Crippen molar-refractivity contribution >= 4 is 48.9 Å². The molecule has 3 N–H and O–H groups in total. The summed E-state index contributed by atoms with van der Waals surface area (Å²) in [4.78, 5) is 0. The molecule has 0 saturated heterocycles. The quantitative estimate of drug-likeness (QED) is 0.787. The number of benzene rings is 2. The molecule has 2 nitrogen and oxygen atoms in total. The van der Waals surface area contributed by atoms with Crippen molar-refractivity contribution < 1.29 is 0 Å². The molecule has 0 aromatic heterocycles. The van der Waals surface area contributed by atoms with E-state index in [1.165, 1.54) is 0 Å². The van der Waals surface area contributed by atoms with Crippen LogP contribution in [0.4, 0.5) is 17.1 Å². The summed E-state index contributed by atoms with van der Waals surface area (Å²) in [7, 11) is 0. The average Bonchev–Trinajstić information content (AvgIpc) is 2.20. The molecule has 2 aromatic rings. The molecule has 0 aliphatic carbocycles. The first-order valence-electron chi connectivity index (χ1n) is 4.73. The Morgan fingerprint density at radius 2 is 1.56 bits per heavy atom. The van der Waals surface area contributed by atoms with Crippen molar-refractivity contribution in [2.45, 2.75) is 0 Å². The highest BCUT2D eigenvalue weighted by molar-refractivity contribution is 9.11. The molecule has 4 heteroatoms. The normalized spacial score (nSPS) is 10.1. The van der Waals surface area contributed by atoms with E-state index < -0.39 is 0 Å². The first kappa shape index (κ1) is 11.5. The molecule has 0 fully saturated rings. The van der Waals surface area contributed by atoms with E-state index in [0.29, 0.717) is 0 Å². The number of anilines is 3. The Morgan fingerprint density at radius 3 is 2.19 bits per heavy atom. The molecule has 82 valence electrons. The van der Waals surface area contributed by atoms with Crippen LogP contribution in [-0.4, -0.2) is 0 Å². The molecule has 0 heterocycles. The van der Waals surface area contributed by atoms with Gasteiger partial charge >= 0.3 is 0 Å². The van der Waals surface area contributed by atoms with Crippen LogP contribution in [0.25, 0.3) is 0 Å². The fraction of sp³-hybridized carbons (Fsp3) is 0. The number of rotatable bonds is 2. The van der Waals surface area contributed by atoms with Gasteiger partial charge in [-0.05, 0) is 30.3 Å². The zero-order valence-electron chi connectivity index (χ0n) is 8.37. The molecule has 0 atom stereocenters. The topological polar surface area (TPSA) is 38.0 Å². The minimum Gasteiger partial charge on any atom is -0.397 e. The van der Waals surface area contributed by atoms with E-state index in [-0.39, 0.29) is 0 Å². The Balaban J connectivity index is 2.30. The molecular formula is C12H10Br2N2. The van der Waals surface area contributed by atoms with Crippen LogP contribution in [0.3, 0.4) is 0 Å². The number of nitrogens with two attached hydrogens (primary N) is 1. The Kier molecular flexibility index (Phi) is 3.51. The lowest BCUT2D eigenvalue weighted by molar-refractivity contribution is 1.51. The van der Waals surface area contributed by atoms with E-state index in [1.54, 1.807) is 0 Å². The summed E-state index contributed by atoms with van der Waals surface area (Å²) in [5.41, 5.74) is 8.49. The van der Waals surface area contributed by atoms with Gasteiger partial charge in [0.1, 0.15) is 0 Å². The van der Waals surface area contributed by atoms with Gasteiger partial charge in [-0.3, -0.25) is 0 Å². The van der Waals surface area contributed by atoms with Crippen LogP contribution in [0, 0.1) is 0 Å². The SMILES string of the molecule is Nc1ccccc1Nc1cc(Br)cc(Br)c1. The average molecular weight is 342 g/mol. The van der Waals surface area contributed by atoms with Crippen molar-refractivity contribution in [3.8, 4) is 0 Å². The van der Waals surface area contributed by atoms with Crippen LogP contribution in [0.1, 0.15) is 0 Å². The van der Waals surface area contributed by atoms with Crippen molar-refractivity contribution in [1.29, 1.82) is 0 Å². The second-order valence-electron chi connectivity index (χ2n) is 3.37. The van der Waals surface area contributed by atoms with Gasteiger partial charge in [0.15, 0.2) is 0 Å². The van der Waals surface area contributed by atoms with Crippen LogP contribution in [0.2, 0.25) is 0 Å². The fourth-order valence-electron chi connectivity index (χ4n) is 1.39. The maximum atomic E-state index is 5.86. The van der Waals surface area contributed by atoms with Gasteiger partial charge in [-0.25, -0.2) is 0 Å². The molecule has 0 unspecified atom stereocenters. The maximum Gasteiger partial charge on any atom is 0.0617 e. The van der Waals surface area contributed by atoms with Gasteiger partial charge in [0, 0.05) is 14.6 Å². The molecular weight excluding hydrogens is 332 g/mol. The molecule has 2 aromatic carbocycles. The summed E-state index contributed by atoms with van der Waals surface area (Å²) in [5.74, 6) is 0. The van der Waals surface area contributed by atoms with E-state index in [4.69, 9.17) is 5.73 Å². The molecule has 0 spiro atoms. The third kappa shape index (κ3) is 2.77. The van der Waals surface area contributed by atoms with Gasteiger partial charge in [-0.2, -0.15) is 0 Å². The van der Waals surface area contributed by atoms with Crippen molar-refractivity contribution in [2.24, 2.45) is 0 Å². The van der Waals surface area contributed by atoms with Gasteiger partial charge in [0.2, 0.25) is 0 Å². The second-order valence-corrected chi connectivity index (χ2v) is 5.20. The number of para-hydroxylation sites is 2. The van der Waals surface area contributed by atoms with Crippen molar-refractivity contribution in [3.05, 3.63) is 51.4 Å². The summed E-state index contributed by atoms with van der Waals surface area (Å²) in [6, 6.07) is 13.7. The van der Waals surface area contributed by atoms with Gasteiger partial charge in [-0.15, -0.1) is 0 Å². The van der Waals surface area contributed by atoms with Crippen LogP contribution in [-0.2, 0) is 0 Å². The first-order valence-corrected chi connectivity index (χ1v) is 6.31. The van der Waals surface area contributed by atoms with Crippen LogP contribution in [0.15, 0.2) is 51.4 Å². The summed E-state index contributed by atoms with van der Waals surface area (Å²) in [5, 5.41) is 3.27. The van der Waals surface area contributed by atoms with E-state index >= 15 is 0 Å². The predicted octanol–water partition coefficient (Wildman–Crippen LogP) is 4.54. The Labute approximate surface area is 111 Å². The van der Waals surface area contributed by atoms with E-state index in [9.17, 15) is 0 Å². The van der Waals surface area contributed by atoms with E-state index in [1.807, 2.05) is 42.5 Å². The van der Waals surface area contributed by atoms with Crippen LogP contribution in [0.5, 0.6) is 0 Å². The number of nitrogen functional groups attached to an aromatic ring is 1. The Bertz CT molecular complexity index is 492. The second kappa shape index (κ2) is 4.89. The van der Waals surface area contributed by atoms with Gasteiger partial charge in [0.05, 0.1) is 11.4 Å². The summed E-state index contributed by atoms with van der Waals surface area (Å²) < 4.78 is 2.03. The Hall–Kier alpha value is -1.000. The molecule has 0 amide bonds. The third-order valence-corrected chi connectivity index (χ3v) is 3.02. The smallest absolute Gasteiger partial charge is 0.0617 e. The van der Waals surface area contributed by atoms with Crippen LogP contribution < -0.4 is 11.1 Å². The summed E-state index contributed by atoms with van der Waals surface area (Å²) in [6.07, 6.45) is 0. The number of hydrogen-bond donors (Lipinski definition) is 2. The predicted molar refractivity (Wildman–Crippen MR) is 76.0 cm³/mol. The molecule has 2 rings (SSSR count). The standard InChI is InChI=1S/C12H10Br2N2/c13-8-5-9(14)7-10(6-8)16-12-4-2-1-3-11(12)15/h1-7,16H,15H2. The highest BCUT2D eigenvalue weighted by atomic mass is 79.9. The molecule has 0 bridgehead atoms. The van der Waals surface area contributed by atoms with Gasteiger partial charge in [0.25, 0.3) is 0 Å². The monoisotopic (exact) mass is 340 g/mol. The Morgan fingerprint density at radius 1 is 0.938 bits per heavy atom. The minimum atomic E-state index is 0.735. The lowest BCUT2D eigenvalue weighted by Crippen LogP contribution is -1.95. The summed E-state index contributed by atoms with van der Waals surface area (Å²) >= 11 is 6.89. The van der Waals surface area contributed by atoms with E-state index in [0.717, 1.165) is 26.0 Å². The molecule has 0 aliphatic heterocycles. The molecule has 0 aliphatic rings. The van der Waals surface area contributed by atoms with Crippen molar-refractivity contribution in [1.82, 2.24) is 0 Å². The number of hydrogen-bond acceptors (Lipinski definition) is 2. The molecule has 16 heavy (non-hydrogen) atoms. The zero-order valence-corrected chi connectivity index (χ0v) is 11.5. The lowest BCUT2D eigenvalue weighted by atomic mass is 10.2. The largest absolute Gasteiger partial charge is 0.397 e. The van der Waals surface area contributed by atoms with Crippen molar-refractivity contribution in [3.63, 3.8) is 0 Å². The lowest BCUT2D eigenvalue weighted by Gasteiger charge is -2.09. The van der Waals surface area contributed by atoms with E-state index in [2.05, 4.69) is 37.2 Å². The maximum absolute atomic E-state index is 5.86. The minimum absolute atomic E-state index is 0.735. The summed E-state index contributed by atoms with van der Waals surface area (Å²) in [6.45, 7) is 0. The highest BCUT2D eigenvalue weighted by Gasteiger charge is 2.00. The first-order chi connectivity index (χ1) is 7.65. The molecule has 0 saturated carbocycles. The van der Waals surface area contributed by atoms with Crippen molar-refractivity contribution in [2.75, 3.05) is 11.1 Å². The number of nitrogens with one attached hydrogen (secondary N) is 1.